The molecule has 3 unspecified atom stereocenters. The molecule has 16 heavy (non-hydrogen) atoms. The molecule has 0 spiro atoms. The predicted molar refractivity (Wildman–Crippen MR) is 62.1 cm³/mol. The maximum absolute atomic E-state index is 12.0. The van der Waals surface area contributed by atoms with Gasteiger partial charge in [-0.3, -0.25) is 4.79 Å². The van der Waals surface area contributed by atoms with Crippen LogP contribution < -0.4 is 0 Å². The van der Waals surface area contributed by atoms with Crippen molar-refractivity contribution in [1.82, 2.24) is 4.90 Å². The summed E-state index contributed by atoms with van der Waals surface area (Å²) in [5, 5.41) is 9.43. The van der Waals surface area contributed by atoms with Gasteiger partial charge in [0.1, 0.15) is 6.10 Å². The zero-order valence-electron chi connectivity index (χ0n) is 10.5. The number of methoxy groups -OCH3 is 1. The zero-order chi connectivity index (χ0) is 12.1. The van der Waals surface area contributed by atoms with Gasteiger partial charge in [-0.25, -0.2) is 0 Å². The lowest BCUT2D eigenvalue weighted by atomic mass is 9.96. The lowest BCUT2D eigenvalue weighted by Gasteiger charge is -2.37. The quantitative estimate of drug-likeness (QED) is 0.787. The van der Waals surface area contributed by atoms with Crippen LogP contribution in [-0.4, -0.2) is 47.8 Å². The van der Waals surface area contributed by atoms with Gasteiger partial charge in [0.25, 0.3) is 5.91 Å². The molecule has 0 bridgehead atoms. The average molecular weight is 229 g/mol. The van der Waals surface area contributed by atoms with Gasteiger partial charge in [-0.2, -0.15) is 0 Å². The maximum Gasteiger partial charge on any atom is 0.251 e. The zero-order valence-corrected chi connectivity index (χ0v) is 10.5. The Bertz CT molecular complexity index is 230. The van der Waals surface area contributed by atoms with Gasteiger partial charge in [0, 0.05) is 19.7 Å². The van der Waals surface area contributed by atoms with E-state index in [1.54, 1.807) is 21.0 Å². The van der Waals surface area contributed by atoms with E-state index in [2.05, 4.69) is 0 Å². The van der Waals surface area contributed by atoms with Crippen molar-refractivity contribution >= 4 is 5.91 Å². The Kier molecular flexibility index (Phi) is 5.22. The van der Waals surface area contributed by atoms with Gasteiger partial charge in [0.05, 0.1) is 6.10 Å². The molecule has 1 amide bonds. The predicted octanol–water partition coefficient (Wildman–Crippen LogP) is 1.17. The topological polar surface area (TPSA) is 49.8 Å². The first-order valence-electron chi connectivity index (χ1n) is 6.07. The second kappa shape index (κ2) is 6.21. The number of piperidine rings is 1. The SMILES string of the molecule is COC(C)C(=O)N1CCCCC1CC(C)O. The average Bonchev–Trinajstić information content (AvgIpc) is 2.27. The molecule has 1 heterocycles. The van der Waals surface area contributed by atoms with E-state index < -0.39 is 0 Å². The van der Waals surface area contributed by atoms with E-state index in [-0.39, 0.29) is 24.2 Å². The Labute approximate surface area is 97.6 Å². The molecule has 0 radical (unpaired) electrons. The monoisotopic (exact) mass is 229 g/mol. The molecule has 4 heteroatoms. The van der Waals surface area contributed by atoms with Crippen molar-refractivity contribution in [3.63, 3.8) is 0 Å². The van der Waals surface area contributed by atoms with Crippen LogP contribution in [0.5, 0.6) is 0 Å². The third-order valence-corrected chi connectivity index (χ3v) is 3.22. The third-order valence-electron chi connectivity index (χ3n) is 3.22. The molecule has 4 nitrogen and oxygen atoms in total. The number of hydrogen-bond donors (Lipinski definition) is 1. The number of aliphatic hydroxyl groups excluding tert-OH is 1. The molecule has 1 aliphatic heterocycles. The standard InChI is InChI=1S/C12H23NO3/c1-9(14)8-11-6-4-5-7-13(11)12(15)10(2)16-3/h9-11,14H,4-8H2,1-3H3. The summed E-state index contributed by atoms with van der Waals surface area (Å²) in [7, 11) is 1.55. The number of aliphatic hydroxyl groups is 1. The number of likely N-dealkylation sites (tertiary alicyclic amines) is 1. The van der Waals surface area contributed by atoms with Crippen molar-refractivity contribution in [2.45, 2.75) is 57.8 Å². The summed E-state index contributed by atoms with van der Waals surface area (Å²) in [6.07, 6.45) is 3.13. The van der Waals surface area contributed by atoms with Gasteiger partial charge >= 0.3 is 0 Å². The number of carbonyl (C=O) groups excluding carboxylic acids is 1. The van der Waals surface area contributed by atoms with Crippen molar-refractivity contribution in [3.05, 3.63) is 0 Å². The lowest BCUT2D eigenvalue weighted by molar-refractivity contribution is -0.145. The molecule has 1 saturated heterocycles. The van der Waals surface area contributed by atoms with Gasteiger partial charge in [0.2, 0.25) is 0 Å². The van der Waals surface area contributed by atoms with Crippen LogP contribution >= 0.6 is 0 Å². The van der Waals surface area contributed by atoms with Crippen LogP contribution in [-0.2, 0) is 9.53 Å². The molecule has 0 saturated carbocycles. The third kappa shape index (κ3) is 3.46. The minimum Gasteiger partial charge on any atom is -0.393 e. The molecule has 1 fully saturated rings. The van der Waals surface area contributed by atoms with Crippen LogP contribution in [0.2, 0.25) is 0 Å². The Morgan fingerprint density at radius 3 is 2.75 bits per heavy atom. The van der Waals surface area contributed by atoms with Crippen molar-refractivity contribution in [2.24, 2.45) is 0 Å². The van der Waals surface area contributed by atoms with E-state index in [0.29, 0.717) is 6.42 Å². The van der Waals surface area contributed by atoms with Gasteiger partial charge in [-0.15, -0.1) is 0 Å². The Morgan fingerprint density at radius 2 is 2.19 bits per heavy atom. The van der Waals surface area contributed by atoms with Crippen LogP contribution in [0, 0.1) is 0 Å². The minimum atomic E-state index is -0.380. The maximum atomic E-state index is 12.0. The molecule has 3 atom stereocenters. The fourth-order valence-electron chi connectivity index (χ4n) is 2.26. The van der Waals surface area contributed by atoms with Crippen molar-refractivity contribution < 1.29 is 14.6 Å². The van der Waals surface area contributed by atoms with E-state index >= 15 is 0 Å². The number of hydrogen-bond acceptors (Lipinski definition) is 3. The summed E-state index contributed by atoms with van der Waals surface area (Å²) in [6, 6.07) is 0.179. The summed E-state index contributed by atoms with van der Waals surface area (Å²) in [6.45, 7) is 4.34. The Balaban J connectivity index is 2.62. The Morgan fingerprint density at radius 1 is 1.50 bits per heavy atom. The van der Waals surface area contributed by atoms with Gasteiger partial charge in [-0.1, -0.05) is 0 Å². The van der Waals surface area contributed by atoms with Crippen LogP contribution in [0.4, 0.5) is 0 Å². The molecule has 1 rings (SSSR count). The number of amides is 1. The van der Waals surface area contributed by atoms with Gasteiger partial charge in [0.15, 0.2) is 0 Å². The highest BCUT2D eigenvalue weighted by molar-refractivity contribution is 5.80. The van der Waals surface area contributed by atoms with Crippen molar-refractivity contribution in [3.8, 4) is 0 Å². The summed E-state index contributed by atoms with van der Waals surface area (Å²) in [4.78, 5) is 13.9. The Hall–Kier alpha value is -0.610. The van der Waals surface area contributed by atoms with E-state index in [0.717, 1.165) is 25.8 Å². The van der Waals surface area contributed by atoms with E-state index in [9.17, 15) is 9.90 Å². The van der Waals surface area contributed by atoms with Crippen LogP contribution in [0.15, 0.2) is 0 Å². The number of nitrogens with zero attached hydrogens (tertiary/aromatic N) is 1. The summed E-state index contributed by atoms with van der Waals surface area (Å²) in [5.41, 5.74) is 0. The summed E-state index contributed by atoms with van der Waals surface area (Å²) in [5.74, 6) is 0.0489. The summed E-state index contributed by atoms with van der Waals surface area (Å²) >= 11 is 0. The summed E-state index contributed by atoms with van der Waals surface area (Å²) < 4.78 is 5.06. The van der Waals surface area contributed by atoms with E-state index in [1.807, 2.05) is 4.90 Å². The highest BCUT2D eigenvalue weighted by atomic mass is 16.5. The van der Waals surface area contributed by atoms with Crippen LogP contribution in [0.1, 0.15) is 39.5 Å². The van der Waals surface area contributed by atoms with Gasteiger partial charge in [-0.05, 0) is 39.5 Å². The fourth-order valence-corrected chi connectivity index (χ4v) is 2.26. The van der Waals surface area contributed by atoms with Crippen LogP contribution in [0.25, 0.3) is 0 Å². The normalized spacial score (nSPS) is 25.2. The molecule has 0 aromatic carbocycles. The van der Waals surface area contributed by atoms with Crippen molar-refractivity contribution in [1.29, 1.82) is 0 Å². The molecule has 0 aliphatic carbocycles. The number of carbonyl (C=O) groups is 1. The molecular weight excluding hydrogens is 206 g/mol. The highest BCUT2D eigenvalue weighted by Gasteiger charge is 2.30. The van der Waals surface area contributed by atoms with E-state index in [4.69, 9.17) is 4.74 Å². The lowest BCUT2D eigenvalue weighted by Crippen LogP contribution is -2.48. The molecule has 1 aliphatic rings. The second-order valence-electron chi connectivity index (χ2n) is 4.64. The molecule has 0 aromatic heterocycles. The minimum absolute atomic E-state index is 0.0489. The highest BCUT2D eigenvalue weighted by Crippen LogP contribution is 2.22. The number of ether oxygens (including phenoxy) is 1. The molecule has 94 valence electrons. The fraction of sp³-hybridized carbons (Fsp3) is 0.917. The second-order valence-corrected chi connectivity index (χ2v) is 4.64. The first kappa shape index (κ1) is 13.5. The largest absolute Gasteiger partial charge is 0.393 e. The van der Waals surface area contributed by atoms with Crippen molar-refractivity contribution in [2.75, 3.05) is 13.7 Å². The smallest absolute Gasteiger partial charge is 0.251 e. The first-order chi connectivity index (χ1) is 7.56. The van der Waals surface area contributed by atoms with Crippen LogP contribution in [0.3, 0.4) is 0 Å². The molecule has 1 N–H and O–H groups in total. The molecular formula is C12H23NO3. The van der Waals surface area contributed by atoms with E-state index in [1.165, 1.54) is 0 Å². The molecule has 0 aromatic rings. The first-order valence-corrected chi connectivity index (χ1v) is 6.07. The number of rotatable bonds is 4. The van der Waals surface area contributed by atoms with Gasteiger partial charge < -0.3 is 14.7 Å².